The highest BCUT2D eigenvalue weighted by atomic mass is 31.2. The van der Waals surface area contributed by atoms with Gasteiger partial charge in [0, 0.05) is 13.6 Å². The number of amides is 1. The quantitative estimate of drug-likeness (QED) is 0.428. The van der Waals surface area contributed by atoms with E-state index in [1.54, 1.807) is 5.48 Å². The molecule has 2 N–H and O–H groups in total. The van der Waals surface area contributed by atoms with Crippen LogP contribution in [-0.4, -0.2) is 17.5 Å². The van der Waals surface area contributed by atoms with Crippen LogP contribution in [0.3, 0.4) is 0 Å². The molecule has 54 valence electrons. The van der Waals surface area contributed by atoms with E-state index in [2.05, 4.69) is 4.62 Å². The van der Waals surface area contributed by atoms with Crippen LogP contribution < -0.4 is 5.48 Å². The van der Waals surface area contributed by atoms with Crippen molar-refractivity contribution in [3.05, 3.63) is 0 Å². The largest absolute Gasteiger partial charge is 0.346 e. The Morgan fingerprint density at radius 3 is 2.33 bits per heavy atom. The fraction of sp³-hybridized carbons (Fsp3) is 0.667. The Balaban J connectivity index is 3.53. The summed E-state index contributed by atoms with van der Waals surface area (Å²) >= 11 is 0. The van der Waals surface area contributed by atoms with Crippen molar-refractivity contribution in [2.75, 3.05) is 6.66 Å². The molecular weight excluding hydrogens is 145 g/mol. The second-order valence-corrected chi connectivity index (χ2v) is 3.34. The predicted molar refractivity (Wildman–Crippen MR) is 30.7 cm³/mol. The molecule has 0 aliphatic heterocycles. The van der Waals surface area contributed by atoms with Crippen molar-refractivity contribution >= 4 is 13.5 Å². The zero-order valence-corrected chi connectivity index (χ0v) is 6.01. The summed E-state index contributed by atoms with van der Waals surface area (Å²) in [5, 5.41) is 0. The van der Waals surface area contributed by atoms with Crippen LogP contribution in [0.5, 0.6) is 0 Å². The topological polar surface area (TPSA) is 75.6 Å². The van der Waals surface area contributed by atoms with Crippen molar-refractivity contribution in [2.45, 2.75) is 6.92 Å². The third kappa shape index (κ3) is 7.62. The maximum absolute atomic E-state index is 10.2. The molecule has 0 aromatic rings. The summed E-state index contributed by atoms with van der Waals surface area (Å²) in [5.74, 6) is -0.508. The molecule has 0 aromatic heterocycles. The Kier molecular flexibility index (Phi) is 2.84. The van der Waals surface area contributed by atoms with Crippen molar-refractivity contribution in [1.82, 2.24) is 5.48 Å². The molecule has 0 aromatic carbocycles. The van der Waals surface area contributed by atoms with Gasteiger partial charge in [0.05, 0.1) is 0 Å². The van der Waals surface area contributed by atoms with Crippen LogP contribution in [0.2, 0.25) is 0 Å². The first-order chi connectivity index (χ1) is 3.92. The molecule has 0 bridgehead atoms. The fourth-order valence-corrected chi connectivity index (χ4v) is 0.447. The van der Waals surface area contributed by atoms with Crippen molar-refractivity contribution in [3.63, 3.8) is 0 Å². The molecule has 0 aliphatic carbocycles. The van der Waals surface area contributed by atoms with Gasteiger partial charge in [0.15, 0.2) is 0 Å². The van der Waals surface area contributed by atoms with Crippen LogP contribution in [0.25, 0.3) is 0 Å². The van der Waals surface area contributed by atoms with Crippen molar-refractivity contribution in [2.24, 2.45) is 0 Å². The molecule has 0 heterocycles. The number of carbonyl (C=O) groups is 1. The van der Waals surface area contributed by atoms with E-state index in [0.717, 1.165) is 6.66 Å². The Labute approximate surface area is 52.5 Å². The van der Waals surface area contributed by atoms with E-state index in [-0.39, 0.29) is 0 Å². The first-order valence-electron chi connectivity index (χ1n) is 2.17. The lowest BCUT2D eigenvalue weighted by molar-refractivity contribution is -0.125. The van der Waals surface area contributed by atoms with E-state index in [1.807, 2.05) is 0 Å². The summed E-state index contributed by atoms with van der Waals surface area (Å²) in [6.45, 7) is 2.15. The Morgan fingerprint density at radius 1 is 1.78 bits per heavy atom. The van der Waals surface area contributed by atoms with Crippen LogP contribution in [0.1, 0.15) is 6.92 Å². The normalized spacial score (nSPS) is 16.3. The molecule has 1 amide bonds. The van der Waals surface area contributed by atoms with Crippen LogP contribution in [0.4, 0.5) is 0 Å². The fourth-order valence-electron chi connectivity index (χ4n) is 0.149. The molecule has 0 aliphatic rings. The standard InChI is InChI=1S/C3H8NO4P/c1-3(5)4-8-9(2,6)7/h1-2H3,(H,4,5)(H,6,7). The minimum atomic E-state index is -3.55. The van der Waals surface area contributed by atoms with Gasteiger partial charge in [-0.25, -0.2) is 5.48 Å². The molecule has 0 fully saturated rings. The summed E-state index contributed by atoms with van der Waals surface area (Å²) in [5.41, 5.74) is 1.73. The first-order valence-corrected chi connectivity index (χ1v) is 4.20. The summed E-state index contributed by atoms with van der Waals surface area (Å²) in [7, 11) is -3.55. The molecule has 5 nitrogen and oxygen atoms in total. The van der Waals surface area contributed by atoms with Crippen molar-refractivity contribution in [3.8, 4) is 0 Å². The summed E-state index contributed by atoms with van der Waals surface area (Å²) in [6.07, 6.45) is 0. The molecule has 0 spiro atoms. The van der Waals surface area contributed by atoms with Gasteiger partial charge in [-0.3, -0.25) is 9.36 Å². The number of hydrogen-bond donors (Lipinski definition) is 2. The van der Waals surface area contributed by atoms with Crippen LogP contribution in [0, 0.1) is 0 Å². The number of nitrogens with one attached hydrogen (secondary N) is 1. The predicted octanol–water partition coefficient (Wildman–Crippen LogP) is -0.131. The van der Waals surface area contributed by atoms with Crippen molar-refractivity contribution in [1.29, 1.82) is 0 Å². The molecule has 0 saturated heterocycles. The second kappa shape index (κ2) is 2.96. The monoisotopic (exact) mass is 153 g/mol. The minimum absolute atomic E-state index is 0.508. The molecule has 0 radical (unpaired) electrons. The maximum Gasteiger partial charge on any atom is 0.346 e. The van der Waals surface area contributed by atoms with Gasteiger partial charge in [-0.05, 0) is 0 Å². The van der Waals surface area contributed by atoms with Gasteiger partial charge in [0.1, 0.15) is 0 Å². The van der Waals surface area contributed by atoms with Gasteiger partial charge in [-0.1, -0.05) is 0 Å². The molecular formula is C3H8NO4P. The molecule has 1 unspecified atom stereocenters. The summed E-state index contributed by atoms with van der Waals surface area (Å²) < 4.78 is 14.2. The van der Waals surface area contributed by atoms with Gasteiger partial charge in [0.2, 0.25) is 5.91 Å². The van der Waals surface area contributed by atoms with Gasteiger partial charge in [-0.15, -0.1) is 0 Å². The zero-order chi connectivity index (χ0) is 7.49. The van der Waals surface area contributed by atoms with Gasteiger partial charge in [-0.2, -0.15) is 4.62 Å². The van der Waals surface area contributed by atoms with Crippen LogP contribution in [-0.2, 0) is 14.0 Å². The van der Waals surface area contributed by atoms with Gasteiger partial charge in [0.25, 0.3) is 0 Å². The third-order valence-electron chi connectivity index (χ3n) is 0.359. The Bertz CT molecular complexity index is 150. The second-order valence-electron chi connectivity index (χ2n) is 1.55. The number of carbonyl (C=O) groups excluding carboxylic acids is 1. The number of hydroxylamine groups is 1. The van der Waals surface area contributed by atoms with E-state index < -0.39 is 13.5 Å². The average molecular weight is 153 g/mol. The maximum atomic E-state index is 10.2. The smallest absolute Gasteiger partial charge is 0.323 e. The highest BCUT2D eigenvalue weighted by molar-refractivity contribution is 7.51. The van der Waals surface area contributed by atoms with E-state index in [9.17, 15) is 9.36 Å². The third-order valence-corrected chi connectivity index (χ3v) is 0.789. The van der Waals surface area contributed by atoms with E-state index in [1.165, 1.54) is 6.92 Å². The van der Waals surface area contributed by atoms with E-state index in [4.69, 9.17) is 4.89 Å². The van der Waals surface area contributed by atoms with E-state index in [0.29, 0.717) is 0 Å². The van der Waals surface area contributed by atoms with Gasteiger partial charge < -0.3 is 4.89 Å². The number of rotatable bonds is 2. The molecule has 0 rings (SSSR count). The first kappa shape index (κ1) is 8.62. The lowest BCUT2D eigenvalue weighted by Crippen LogP contribution is -2.18. The molecule has 0 saturated carbocycles. The summed E-state index contributed by atoms with van der Waals surface area (Å²) in [4.78, 5) is 18.4. The molecule has 9 heavy (non-hydrogen) atoms. The number of hydrogen-bond acceptors (Lipinski definition) is 3. The Hall–Kier alpha value is -0.380. The Morgan fingerprint density at radius 2 is 2.22 bits per heavy atom. The molecule has 6 heteroatoms. The average Bonchev–Trinajstić information content (AvgIpc) is 1.59. The van der Waals surface area contributed by atoms with Crippen LogP contribution >= 0.6 is 7.60 Å². The highest BCUT2D eigenvalue weighted by Gasteiger charge is 2.09. The zero-order valence-electron chi connectivity index (χ0n) is 5.12. The van der Waals surface area contributed by atoms with Crippen molar-refractivity contribution < 1.29 is 18.9 Å². The lowest BCUT2D eigenvalue weighted by Gasteiger charge is -2.03. The van der Waals surface area contributed by atoms with E-state index >= 15 is 0 Å². The minimum Gasteiger partial charge on any atom is -0.323 e. The molecule has 1 atom stereocenters. The van der Waals surface area contributed by atoms with Gasteiger partial charge >= 0.3 is 7.60 Å². The highest BCUT2D eigenvalue weighted by Crippen LogP contribution is 2.34. The lowest BCUT2D eigenvalue weighted by atomic mass is 10.8. The summed E-state index contributed by atoms with van der Waals surface area (Å²) in [6, 6.07) is 0. The van der Waals surface area contributed by atoms with Crippen LogP contribution in [0.15, 0.2) is 0 Å². The SMILES string of the molecule is CC(=O)NOP(C)(=O)O.